The molecule has 108 valence electrons. The summed E-state index contributed by atoms with van der Waals surface area (Å²) in [6.07, 6.45) is 5.98. The van der Waals surface area contributed by atoms with Gasteiger partial charge in [-0.2, -0.15) is 0 Å². The van der Waals surface area contributed by atoms with E-state index in [1.54, 1.807) is 0 Å². The fourth-order valence-electron chi connectivity index (χ4n) is 3.47. The molecule has 1 heterocycles. The third-order valence-corrected chi connectivity index (χ3v) is 4.75. The van der Waals surface area contributed by atoms with Crippen LogP contribution in [0.3, 0.4) is 0 Å². The third kappa shape index (κ3) is 2.67. The number of anilines is 2. The number of hydrogen-bond acceptors (Lipinski definition) is 3. The summed E-state index contributed by atoms with van der Waals surface area (Å²) >= 11 is 0. The highest BCUT2D eigenvalue weighted by atomic mass is 16.1. The number of ketones is 1. The monoisotopic (exact) mass is 272 g/mol. The molecule has 1 fully saturated rings. The normalized spacial score (nSPS) is 19.9. The Labute approximate surface area is 121 Å². The van der Waals surface area contributed by atoms with Crippen molar-refractivity contribution in [1.82, 2.24) is 0 Å². The summed E-state index contributed by atoms with van der Waals surface area (Å²) in [5, 5.41) is 0. The predicted molar refractivity (Wildman–Crippen MR) is 83.5 cm³/mol. The summed E-state index contributed by atoms with van der Waals surface area (Å²) in [5.41, 5.74) is 2.46. The number of nitrogens with zero attached hydrogens (tertiary/aromatic N) is 2. The van der Waals surface area contributed by atoms with Crippen LogP contribution in [0.15, 0.2) is 24.3 Å². The molecule has 1 aromatic carbocycles. The first-order chi connectivity index (χ1) is 9.75. The number of carbonyl (C=O) groups excluding carboxylic acids is 1. The van der Waals surface area contributed by atoms with Crippen molar-refractivity contribution < 1.29 is 4.79 Å². The second-order valence-corrected chi connectivity index (χ2v) is 6.13. The van der Waals surface area contributed by atoms with E-state index in [1.165, 1.54) is 30.6 Å². The summed E-state index contributed by atoms with van der Waals surface area (Å²) < 4.78 is 0. The molecule has 0 spiro atoms. The minimum Gasteiger partial charge on any atom is -0.371 e. The lowest BCUT2D eigenvalue weighted by Gasteiger charge is -2.37. The van der Waals surface area contributed by atoms with Gasteiger partial charge in [0.25, 0.3) is 0 Å². The quantitative estimate of drug-likeness (QED) is 0.845. The topological polar surface area (TPSA) is 23.6 Å². The van der Waals surface area contributed by atoms with Crippen molar-refractivity contribution in [2.45, 2.75) is 32.1 Å². The number of rotatable bonds is 3. The van der Waals surface area contributed by atoms with E-state index in [0.717, 1.165) is 25.9 Å². The van der Waals surface area contributed by atoms with Crippen molar-refractivity contribution in [3.8, 4) is 0 Å². The molecule has 0 atom stereocenters. The van der Waals surface area contributed by atoms with Gasteiger partial charge >= 0.3 is 0 Å². The molecule has 0 N–H and O–H groups in total. The zero-order valence-corrected chi connectivity index (χ0v) is 12.3. The lowest BCUT2D eigenvalue weighted by atomic mass is 9.86. The number of hydrogen-bond donors (Lipinski definition) is 0. The van der Waals surface area contributed by atoms with Gasteiger partial charge in [0.15, 0.2) is 5.78 Å². The molecular weight excluding hydrogens is 248 g/mol. The fraction of sp³-hybridized carbons (Fsp3) is 0.588. The Balaban J connectivity index is 1.72. The Morgan fingerprint density at radius 3 is 2.55 bits per heavy atom. The van der Waals surface area contributed by atoms with Gasteiger partial charge in [0.1, 0.15) is 0 Å². The lowest BCUT2D eigenvalue weighted by molar-refractivity contribution is -0.122. The molecule has 0 bridgehead atoms. The second kappa shape index (κ2) is 5.86. The molecule has 0 saturated heterocycles. The van der Waals surface area contributed by atoms with Crippen LogP contribution in [0.25, 0.3) is 0 Å². The Morgan fingerprint density at radius 1 is 1.10 bits per heavy atom. The highest BCUT2D eigenvalue weighted by Crippen LogP contribution is 2.32. The first-order valence-corrected chi connectivity index (χ1v) is 7.83. The minimum atomic E-state index is 0.315. The molecule has 1 aromatic rings. The molecule has 3 nitrogen and oxygen atoms in total. The molecular formula is C17H24N2O. The van der Waals surface area contributed by atoms with Crippen molar-refractivity contribution in [3.05, 3.63) is 24.3 Å². The van der Waals surface area contributed by atoms with Crippen LogP contribution in [-0.2, 0) is 4.79 Å². The number of benzene rings is 1. The molecule has 0 aromatic heterocycles. The van der Waals surface area contributed by atoms with E-state index in [-0.39, 0.29) is 0 Å². The van der Waals surface area contributed by atoms with Crippen LogP contribution in [0.5, 0.6) is 0 Å². The maximum Gasteiger partial charge on any atom is 0.155 e. The highest BCUT2D eigenvalue weighted by Gasteiger charge is 2.26. The number of Topliss-reactive ketones (excluding diaryl/α,β-unsaturated/α-hetero) is 1. The fourth-order valence-corrected chi connectivity index (χ4v) is 3.47. The van der Waals surface area contributed by atoms with Crippen LogP contribution < -0.4 is 9.80 Å². The van der Waals surface area contributed by atoms with Gasteiger partial charge in [0.05, 0.1) is 17.9 Å². The maximum atomic E-state index is 12.5. The van der Waals surface area contributed by atoms with Crippen LogP contribution in [0.1, 0.15) is 32.1 Å². The summed E-state index contributed by atoms with van der Waals surface area (Å²) in [5.74, 6) is 0.764. The summed E-state index contributed by atoms with van der Waals surface area (Å²) in [6, 6.07) is 8.42. The maximum absolute atomic E-state index is 12.5. The summed E-state index contributed by atoms with van der Waals surface area (Å²) in [6.45, 7) is 2.54. The number of carbonyl (C=O) groups is 1. The number of likely N-dealkylation sites (N-methyl/N-ethyl adjacent to an activating group) is 1. The van der Waals surface area contributed by atoms with Crippen LogP contribution >= 0.6 is 0 Å². The Morgan fingerprint density at radius 2 is 1.80 bits per heavy atom. The number of para-hydroxylation sites is 2. The average molecular weight is 272 g/mol. The molecule has 1 aliphatic heterocycles. The van der Waals surface area contributed by atoms with E-state index in [9.17, 15) is 4.79 Å². The summed E-state index contributed by atoms with van der Waals surface area (Å²) in [4.78, 5) is 17.0. The van der Waals surface area contributed by atoms with Crippen molar-refractivity contribution in [1.29, 1.82) is 0 Å². The van der Waals surface area contributed by atoms with Crippen LogP contribution in [0.4, 0.5) is 11.4 Å². The Bertz CT molecular complexity index is 480. The van der Waals surface area contributed by atoms with Crippen LogP contribution in [0, 0.1) is 5.92 Å². The molecule has 0 amide bonds. The highest BCUT2D eigenvalue weighted by molar-refractivity contribution is 5.87. The minimum absolute atomic E-state index is 0.315. The van der Waals surface area contributed by atoms with Gasteiger partial charge < -0.3 is 9.80 Å². The molecule has 1 saturated carbocycles. The smallest absolute Gasteiger partial charge is 0.155 e. The molecule has 3 heteroatoms. The van der Waals surface area contributed by atoms with E-state index in [0.29, 0.717) is 18.2 Å². The zero-order chi connectivity index (χ0) is 13.9. The van der Waals surface area contributed by atoms with Crippen molar-refractivity contribution in [2.75, 3.05) is 36.5 Å². The van der Waals surface area contributed by atoms with E-state index in [2.05, 4.69) is 41.1 Å². The van der Waals surface area contributed by atoms with E-state index in [4.69, 9.17) is 0 Å². The standard InChI is InChI=1S/C17H24N2O/c1-18-11-12-19(16-10-6-5-9-15(16)18)13-17(20)14-7-3-2-4-8-14/h5-6,9-10,14H,2-4,7-8,11-13H2,1H3. The Hall–Kier alpha value is -1.51. The van der Waals surface area contributed by atoms with Gasteiger partial charge in [-0.3, -0.25) is 4.79 Å². The lowest BCUT2D eigenvalue weighted by Crippen LogP contribution is -2.43. The predicted octanol–water partition coefficient (Wildman–Crippen LogP) is 3.09. The summed E-state index contributed by atoms with van der Waals surface area (Å²) in [7, 11) is 2.12. The number of fused-ring (bicyclic) bond motifs is 1. The Kier molecular flexibility index (Phi) is 3.95. The second-order valence-electron chi connectivity index (χ2n) is 6.13. The largest absolute Gasteiger partial charge is 0.371 e. The van der Waals surface area contributed by atoms with Gasteiger partial charge in [0, 0.05) is 26.1 Å². The molecule has 2 aliphatic rings. The van der Waals surface area contributed by atoms with E-state index < -0.39 is 0 Å². The van der Waals surface area contributed by atoms with Crippen LogP contribution in [-0.4, -0.2) is 32.5 Å². The molecule has 0 radical (unpaired) electrons. The van der Waals surface area contributed by atoms with E-state index in [1.807, 2.05) is 0 Å². The van der Waals surface area contributed by atoms with Gasteiger partial charge in [-0.15, -0.1) is 0 Å². The van der Waals surface area contributed by atoms with Gasteiger partial charge in [-0.05, 0) is 25.0 Å². The SMILES string of the molecule is CN1CCN(CC(=O)C2CCCCC2)c2ccccc21. The molecule has 20 heavy (non-hydrogen) atoms. The van der Waals surface area contributed by atoms with Gasteiger partial charge in [-0.25, -0.2) is 0 Å². The van der Waals surface area contributed by atoms with E-state index >= 15 is 0 Å². The van der Waals surface area contributed by atoms with Crippen molar-refractivity contribution in [2.24, 2.45) is 5.92 Å². The average Bonchev–Trinajstić information content (AvgIpc) is 2.51. The third-order valence-electron chi connectivity index (χ3n) is 4.75. The first kappa shape index (κ1) is 13.5. The molecule has 1 aliphatic carbocycles. The van der Waals surface area contributed by atoms with Crippen LogP contribution in [0.2, 0.25) is 0 Å². The molecule has 0 unspecified atom stereocenters. The van der Waals surface area contributed by atoms with Gasteiger partial charge in [0.2, 0.25) is 0 Å². The zero-order valence-electron chi connectivity index (χ0n) is 12.3. The van der Waals surface area contributed by atoms with Crippen molar-refractivity contribution >= 4 is 17.2 Å². The van der Waals surface area contributed by atoms with Gasteiger partial charge in [-0.1, -0.05) is 31.4 Å². The first-order valence-electron chi connectivity index (χ1n) is 7.83. The van der Waals surface area contributed by atoms with Crippen molar-refractivity contribution in [3.63, 3.8) is 0 Å². The molecule has 3 rings (SSSR count).